The fraction of sp³-hybridized carbons (Fsp3) is 0.235. The second-order valence-corrected chi connectivity index (χ2v) is 5.92. The maximum absolute atomic E-state index is 14.8. The molecule has 0 atom stereocenters. The average Bonchev–Trinajstić information content (AvgIpc) is 3.28. The first-order valence-corrected chi connectivity index (χ1v) is 8.18. The lowest BCUT2D eigenvalue weighted by atomic mass is 10.1. The molecule has 0 N–H and O–H groups in total. The van der Waals surface area contributed by atoms with Gasteiger partial charge < -0.3 is 4.74 Å². The molecular formula is C17H14F3N7O. The van der Waals surface area contributed by atoms with Gasteiger partial charge in [-0.05, 0) is 24.4 Å². The topological polar surface area (TPSA) is 82.5 Å². The molecule has 0 amide bonds. The lowest BCUT2D eigenvalue weighted by Crippen LogP contribution is -2.14. The number of hydrogen-bond donors (Lipinski definition) is 0. The lowest BCUT2D eigenvalue weighted by molar-refractivity contribution is 0.274. The Hall–Kier alpha value is -3.50. The summed E-state index contributed by atoms with van der Waals surface area (Å²) < 4.78 is 48.7. The van der Waals surface area contributed by atoms with Crippen LogP contribution in [0.5, 0.6) is 5.88 Å². The van der Waals surface area contributed by atoms with Crippen LogP contribution in [0.25, 0.3) is 27.7 Å². The van der Waals surface area contributed by atoms with Gasteiger partial charge in [0.15, 0.2) is 5.82 Å². The summed E-state index contributed by atoms with van der Waals surface area (Å²) in [4.78, 5) is 7.72. The van der Waals surface area contributed by atoms with Gasteiger partial charge in [-0.15, -0.1) is 10.2 Å². The van der Waals surface area contributed by atoms with Gasteiger partial charge in [0.25, 0.3) is 5.95 Å². The van der Waals surface area contributed by atoms with Gasteiger partial charge in [-0.1, -0.05) is 11.3 Å². The van der Waals surface area contributed by atoms with Crippen molar-refractivity contribution in [1.29, 1.82) is 0 Å². The normalized spacial score (nSPS) is 11.6. The number of hydrogen-bond acceptors (Lipinski definition) is 6. The van der Waals surface area contributed by atoms with Crippen LogP contribution in [0.15, 0.2) is 29.4 Å². The summed E-state index contributed by atoms with van der Waals surface area (Å²) in [5.74, 6) is -0.453. The summed E-state index contributed by atoms with van der Waals surface area (Å²) >= 11 is 0. The SMILES string of the molecule is C=Nc1nc(OC)c2c(-c3ccc4nnn(C(CF)CF)c4c3)c(F)cn2n1. The summed E-state index contributed by atoms with van der Waals surface area (Å²) in [6, 6.07) is 3.68. The van der Waals surface area contributed by atoms with E-state index in [0.29, 0.717) is 16.6 Å². The molecule has 0 saturated carbocycles. The standard InChI is InChI=1S/C17H14F3N7O/c1-21-17-22-16(28-2)15-14(11(20)8-26(15)24-17)9-3-4-12-13(5-9)27(25-23-12)10(6-18)7-19/h3-5,8,10H,1,6-7H2,2H3. The van der Waals surface area contributed by atoms with Crippen molar-refractivity contribution in [1.82, 2.24) is 29.6 Å². The highest BCUT2D eigenvalue weighted by molar-refractivity contribution is 5.89. The fourth-order valence-electron chi connectivity index (χ4n) is 3.03. The van der Waals surface area contributed by atoms with Crippen LogP contribution in [-0.4, -0.2) is 56.8 Å². The molecule has 4 rings (SSSR count). The minimum atomic E-state index is -1.10. The number of aliphatic imine (C=N–C) groups is 1. The quantitative estimate of drug-likeness (QED) is 0.473. The maximum Gasteiger partial charge on any atom is 0.269 e. The van der Waals surface area contributed by atoms with E-state index in [2.05, 4.69) is 32.1 Å². The maximum atomic E-state index is 14.8. The van der Waals surface area contributed by atoms with E-state index in [9.17, 15) is 13.2 Å². The number of ether oxygens (including phenoxy) is 1. The first-order valence-electron chi connectivity index (χ1n) is 8.18. The summed E-state index contributed by atoms with van der Waals surface area (Å²) in [5, 5.41) is 11.8. The number of halogens is 3. The third-order valence-corrected chi connectivity index (χ3v) is 4.34. The molecule has 3 heterocycles. The van der Waals surface area contributed by atoms with Gasteiger partial charge in [-0.25, -0.2) is 27.4 Å². The number of fused-ring (bicyclic) bond motifs is 2. The summed E-state index contributed by atoms with van der Waals surface area (Å²) in [5.41, 5.74) is 1.67. The van der Waals surface area contributed by atoms with E-state index in [-0.39, 0.29) is 22.9 Å². The van der Waals surface area contributed by atoms with E-state index < -0.39 is 25.2 Å². The highest BCUT2D eigenvalue weighted by Gasteiger charge is 2.22. The molecule has 0 fully saturated rings. The minimum absolute atomic E-state index is 0.0253. The Labute approximate surface area is 156 Å². The van der Waals surface area contributed by atoms with Gasteiger partial charge in [0, 0.05) is 0 Å². The molecule has 1 aromatic carbocycles. The monoisotopic (exact) mass is 389 g/mol. The van der Waals surface area contributed by atoms with Crippen molar-refractivity contribution in [3.05, 3.63) is 30.2 Å². The van der Waals surface area contributed by atoms with Crippen molar-refractivity contribution >= 4 is 29.2 Å². The summed E-state index contributed by atoms with van der Waals surface area (Å²) in [6.07, 6.45) is 1.16. The van der Waals surface area contributed by atoms with Gasteiger partial charge in [0.05, 0.1) is 24.4 Å². The van der Waals surface area contributed by atoms with Crippen LogP contribution in [0.1, 0.15) is 6.04 Å². The zero-order valence-electron chi connectivity index (χ0n) is 14.7. The average molecular weight is 389 g/mol. The third kappa shape index (κ3) is 2.66. The molecule has 28 heavy (non-hydrogen) atoms. The highest BCUT2D eigenvalue weighted by Crippen LogP contribution is 2.35. The third-order valence-electron chi connectivity index (χ3n) is 4.34. The predicted octanol–water partition coefficient (Wildman–Crippen LogP) is 3.10. The zero-order chi connectivity index (χ0) is 19.8. The number of rotatable bonds is 6. The molecule has 3 aromatic heterocycles. The van der Waals surface area contributed by atoms with Crippen molar-refractivity contribution in [2.24, 2.45) is 4.99 Å². The van der Waals surface area contributed by atoms with E-state index in [0.717, 1.165) is 10.9 Å². The molecule has 0 bridgehead atoms. The van der Waals surface area contributed by atoms with Crippen LogP contribution in [0.3, 0.4) is 0 Å². The molecule has 4 aromatic rings. The van der Waals surface area contributed by atoms with Gasteiger partial charge in [0.2, 0.25) is 5.88 Å². The van der Waals surface area contributed by atoms with E-state index in [4.69, 9.17) is 4.74 Å². The second-order valence-electron chi connectivity index (χ2n) is 5.92. The Bertz CT molecular complexity index is 1180. The Balaban J connectivity index is 1.97. The Kier molecular flexibility index (Phi) is 4.41. The van der Waals surface area contributed by atoms with E-state index >= 15 is 0 Å². The number of benzene rings is 1. The molecule has 0 aliphatic heterocycles. The van der Waals surface area contributed by atoms with E-state index in [1.165, 1.54) is 11.6 Å². The van der Waals surface area contributed by atoms with Crippen molar-refractivity contribution in [3.8, 4) is 17.0 Å². The molecule has 11 heteroatoms. The minimum Gasteiger partial charge on any atom is -0.479 e. The first kappa shape index (κ1) is 17.9. The van der Waals surface area contributed by atoms with Crippen LogP contribution in [0.2, 0.25) is 0 Å². The summed E-state index contributed by atoms with van der Waals surface area (Å²) in [7, 11) is 1.39. The van der Waals surface area contributed by atoms with Crippen LogP contribution in [-0.2, 0) is 0 Å². The Morgan fingerprint density at radius 3 is 2.75 bits per heavy atom. The fourth-order valence-corrected chi connectivity index (χ4v) is 3.03. The predicted molar refractivity (Wildman–Crippen MR) is 96.2 cm³/mol. The first-order chi connectivity index (χ1) is 13.6. The largest absolute Gasteiger partial charge is 0.479 e. The van der Waals surface area contributed by atoms with Crippen LogP contribution >= 0.6 is 0 Å². The van der Waals surface area contributed by atoms with Crippen molar-refractivity contribution < 1.29 is 17.9 Å². The molecule has 0 saturated heterocycles. The molecule has 0 aliphatic rings. The molecular weight excluding hydrogens is 375 g/mol. The molecule has 0 spiro atoms. The zero-order valence-corrected chi connectivity index (χ0v) is 14.7. The molecule has 0 unspecified atom stereocenters. The molecule has 8 nitrogen and oxygen atoms in total. The van der Waals surface area contributed by atoms with Crippen molar-refractivity contribution in [2.75, 3.05) is 20.5 Å². The Morgan fingerprint density at radius 1 is 1.29 bits per heavy atom. The van der Waals surface area contributed by atoms with Gasteiger partial charge in [0.1, 0.15) is 30.4 Å². The highest BCUT2D eigenvalue weighted by atomic mass is 19.1. The van der Waals surface area contributed by atoms with Crippen LogP contribution in [0.4, 0.5) is 19.1 Å². The second kappa shape index (κ2) is 6.91. The Morgan fingerprint density at radius 2 is 2.07 bits per heavy atom. The smallest absolute Gasteiger partial charge is 0.269 e. The van der Waals surface area contributed by atoms with Crippen molar-refractivity contribution in [2.45, 2.75) is 6.04 Å². The number of nitrogens with zero attached hydrogens (tertiary/aromatic N) is 7. The number of aromatic nitrogens is 6. The molecule has 0 radical (unpaired) electrons. The molecule has 144 valence electrons. The van der Waals surface area contributed by atoms with E-state index in [1.54, 1.807) is 18.2 Å². The van der Waals surface area contributed by atoms with Crippen LogP contribution in [0, 0.1) is 5.82 Å². The number of alkyl halides is 2. The lowest BCUT2D eigenvalue weighted by Gasteiger charge is -2.10. The van der Waals surface area contributed by atoms with Gasteiger partial charge in [-0.2, -0.15) is 4.98 Å². The van der Waals surface area contributed by atoms with Gasteiger partial charge >= 0.3 is 0 Å². The number of methoxy groups -OCH3 is 1. The van der Waals surface area contributed by atoms with Gasteiger partial charge in [-0.3, -0.25) is 0 Å². The van der Waals surface area contributed by atoms with Crippen molar-refractivity contribution in [3.63, 3.8) is 0 Å². The summed E-state index contributed by atoms with van der Waals surface area (Å²) in [6.45, 7) is 1.47. The molecule has 0 aliphatic carbocycles. The van der Waals surface area contributed by atoms with Crippen LogP contribution < -0.4 is 4.74 Å². The van der Waals surface area contributed by atoms with E-state index in [1.807, 2.05) is 0 Å².